The van der Waals surface area contributed by atoms with E-state index in [-0.39, 0.29) is 5.91 Å². The van der Waals surface area contributed by atoms with Crippen molar-refractivity contribution in [3.05, 3.63) is 77.6 Å². The fourth-order valence-electron chi connectivity index (χ4n) is 5.00. The van der Waals surface area contributed by atoms with Crippen LogP contribution in [0.15, 0.2) is 81.9 Å². The van der Waals surface area contributed by atoms with Crippen LogP contribution >= 0.6 is 10.0 Å². The molecule has 5 nitrogen and oxygen atoms in total. The normalized spacial score (nSPS) is 22.4. The smallest absolute Gasteiger partial charge is 0.225 e. The third-order valence-electron chi connectivity index (χ3n) is 6.97. The Hall–Kier alpha value is -2.83. The van der Waals surface area contributed by atoms with Crippen LogP contribution in [0, 0.1) is 5.92 Å². The molecule has 3 aromatic rings. The number of piperidine rings is 1. The predicted molar refractivity (Wildman–Crippen MR) is 143 cm³/mol. The van der Waals surface area contributed by atoms with Crippen LogP contribution in [-0.2, 0) is 11.3 Å². The number of amides is 1. The highest BCUT2D eigenvalue weighted by molar-refractivity contribution is 8.46. The van der Waals surface area contributed by atoms with Crippen molar-refractivity contribution in [3.63, 3.8) is 0 Å². The highest BCUT2D eigenvalue weighted by Crippen LogP contribution is 2.61. The van der Waals surface area contributed by atoms with Crippen LogP contribution in [0.1, 0.15) is 38.2 Å². The molecular formula is C28H34N4OS. The van der Waals surface area contributed by atoms with Crippen molar-refractivity contribution >= 4 is 32.4 Å². The number of hydrogen-bond donors (Lipinski definition) is 2. The molecule has 1 amide bonds. The molecule has 34 heavy (non-hydrogen) atoms. The summed E-state index contributed by atoms with van der Waals surface area (Å²) < 4.78 is 2.38. The second kappa shape index (κ2) is 10.2. The zero-order chi connectivity index (χ0) is 23.4. The summed E-state index contributed by atoms with van der Waals surface area (Å²) in [7, 11) is -1.45. The van der Waals surface area contributed by atoms with Crippen molar-refractivity contribution in [2.45, 2.75) is 44.0 Å². The number of hydrogen-bond acceptors (Lipinski definition) is 3. The molecule has 0 saturated carbocycles. The van der Waals surface area contributed by atoms with Gasteiger partial charge in [-0.05, 0) is 55.7 Å². The van der Waals surface area contributed by atoms with E-state index in [9.17, 15) is 4.79 Å². The highest BCUT2D eigenvalue weighted by Gasteiger charge is 2.32. The summed E-state index contributed by atoms with van der Waals surface area (Å²) in [6.45, 7) is 4.95. The predicted octanol–water partition coefficient (Wildman–Crippen LogP) is 5.61. The van der Waals surface area contributed by atoms with Gasteiger partial charge in [-0.25, -0.2) is 4.99 Å². The Morgan fingerprint density at radius 3 is 2.68 bits per heavy atom. The number of aliphatic imine (C=N–C) groups is 1. The molecule has 2 aliphatic heterocycles. The summed E-state index contributed by atoms with van der Waals surface area (Å²) in [4.78, 5) is 18.2. The summed E-state index contributed by atoms with van der Waals surface area (Å²) in [5.74, 6) is 2.56. The highest BCUT2D eigenvalue weighted by atomic mass is 32.3. The SMILES string of the molecule is CCC(=O)NC1=CS(CCC2CCNCC2)(c2cn(Cc3ccccc3)c3ccccc23)C=N1. The molecule has 2 aliphatic rings. The molecule has 6 heteroatoms. The lowest BCUT2D eigenvalue weighted by atomic mass is 9.96. The molecule has 0 bridgehead atoms. The van der Waals surface area contributed by atoms with Crippen LogP contribution in [0.25, 0.3) is 10.9 Å². The lowest BCUT2D eigenvalue weighted by Gasteiger charge is -2.33. The van der Waals surface area contributed by atoms with Crippen LogP contribution in [0.3, 0.4) is 0 Å². The maximum absolute atomic E-state index is 12.1. The van der Waals surface area contributed by atoms with Crippen molar-refractivity contribution in [2.75, 3.05) is 18.8 Å². The van der Waals surface area contributed by atoms with Crippen LogP contribution < -0.4 is 10.6 Å². The number of rotatable bonds is 8. The van der Waals surface area contributed by atoms with Gasteiger partial charge in [0.2, 0.25) is 5.91 Å². The van der Waals surface area contributed by atoms with Gasteiger partial charge in [-0.1, -0.05) is 55.5 Å². The number of aromatic nitrogens is 1. The Labute approximate surface area is 203 Å². The van der Waals surface area contributed by atoms with Crippen LogP contribution in [0.4, 0.5) is 0 Å². The Morgan fingerprint density at radius 1 is 1.12 bits per heavy atom. The van der Waals surface area contributed by atoms with E-state index in [4.69, 9.17) is 4.99 Å². The van der Waals surface area contributed by atoms with E-state index in [0.29, 0.717) is 12.2 Å². The molecule has 2 N–H and O–H groups in total. The second-order valence-electron chi connectivity index (χ2n) is 9.30. The van der Waals surface area contributed by atoms with Crippen molar-refractivity contribution in [1.82, 2.24) is 15.2 Å². The fraction of sp³-hybridized carbons (Fsp3) is 0.357. The largest absolute Gasteiger partial charge is 0.342 e. The number of fused-ring (bicyclic) bond motifs is 1. The van der Waals surface area contributed by atoms with Gasteiger partial charge in [-0.3, -0.25) is 4.79 Å². The molecule has 0 aliphatic carbocycles. The van der Waals surface area contributed by atoms with Gasteiger partial charge in [0.15, 0.2) is 0 Å². The van der Waals surface area contributed by atoms with Crippen LogP contribution in [-0.4, -0.2) is 34.9 Å². The molecule has 1 unspecified atom stereocenters. The van der Waals surface area contributed by atoms with Gasteiger partial charge in [-0.2, -0.15) is 10.0 Å². The van der Waals surface area contributed by atoms with E-state index >= 15 is 0 Å². The Bertz CT molecular complexity index is 1210. The van der Waals surface area contributed by atoms with Crippen molar-refractivity contribution in [3.8, 4) is 0 Å². The Balaban J connectivity index is 1.54. The minimum absolute atomic E-state index is 0.0171. The maximum Gasteiger partial charge on any atom is 0.225 e. The van der Waals surface area contributed by atoms with E-state index in [1.807, 2.05) is 6.92 Å². The zero-order valence-corrected chi connectivity index (χ0v) is 20.7. The lowest BCUT2D eigenvalue weighted by molar-refractivity contribution is -0.120. The molecular weight excluding hydrogens is 440 g/mol. The van der Waals surface area contributed by atoms with Crippen LogP contribution in [0.5, 0.6) is 0 Å². The van der Waals surface area contributed by atoms with Gasteiger partial charge in [0.1, 0.15) is 5.82 Å². The zero-order valence-electron chi connectivity index (χ0n) is 19.9. The topological polar surface area (TPSA) is 58.4 Å². The molecule has 5 rings (SSSR count). The second-order valence-corrected chi connectivity index (χ2v) is 12.3. The minimum Gasteiger partial charge on any atom is -0.342 e. The van der Waals surface area contributed by atoms with E-state index in [0.717, 1.165) is 31.3 Å². The number of para-hydroxylation sites is 1. The number of benzene rings is 2. The molecule has 0 radical (unpaired) electrons. The molecule has 1 aromatic heterocycles. The number of carbonyl (C=O) groups is 1. The van der Waals surface area contributed by atoms with Crippen molar-refractivity contribution in [1.29, 1.82) is 0 Å². The quantitative estimate of drug-likeness (QED) is 0.446. The summed E-state index contributed by atoms with van der Waals surface area (Å²) in [5.41, 5.74) is 4.71. The van der Waals surface area contributed by atoms with Crippen molar-refractivity contribution < 1.29 is 4.79 Å². The number of carbonyl (C=O) groups excluding carboxylic acids is 1. The lowest BCUT2D eigenvalue weighted by Crippen LogP contribution is -2.28. The summed E-state index contributed by atoms with van der Waals surface area (Å²) in [6, 6.07) is 19.4. The summed E-state index contributed by atoms with van der Waals surface area (Å²) in [6.07, 6.45) is 6.48. The molecule has 1 saturated heterocycles. The Kier molecular flexibility index (Phi) is 6.88. The monoisotopic (exact) mass is 474 g/mol. The van der Waals surface area contributed by atoms with E-state index in [1.165, 1.54) is 40.6 Å². The van der Waals surface area contributed by atoms with E-state index in [1.54, 1.807) is 0 Å². The van der Waals surface area contributed by atoms with Gasteiger partial charge in [-0.15, -0.1) is 0 Å². The third kappa shape index (κ3) is 4.84. The number of nitrogens with zero attached hydrogens (tertiary/aromatic N) is 2. The standard InChI is InChI=1S/C28H34N4OS/c1-2-28(33)31-27-20-34(21-30-27,17-14-22-12-15-29-16-13-22)26-19-32(18-23-8-4-3-5-9-23)25-11-7-6-10-24(25)26/h3-11,19-22,29H,2,12-18H2,1H3,(H,31,33). The molecule has 178 valence electrons. The van der Waals surface area contributed by atoms with E-state index in [2.05, 4.69) is 86.9 Å². The van der Waals surface area contributed by atoms with Gasteiger partial charge >= 0.3 is 0 Å². The third-order valence-corrected chi connectivity index (χ3v) is 10.2. The van der Waals surface area contributed by atoms with Gasteiger partial charge in [0.25, 0.3) is 0 Å². The van der Waals surface area contributed by atoms with Gasteiger partial charge in [0.05, 0.1) is 5.55 Å². The first-order valence-corrected chi connectivity index (χ1v) is 14.3. The van der Waals surface area contributed by atoms with E-state index < -0.39 is 10.0 Å². The molecule has 1 atom stereocenters. The summed E-state index contributed by atoms with van der Waals surface area (Å²) in [5, 5.41) is 10.1. The average Bonchev–Trinajstić information content (AvgIpc) is 3.46. The molecule has 0 spiro atoms. The van der Waals surface area contributed by atoms with Gasteiger partial charge in [0, 0.05) is 40.4 Å². The van der Waals surface area contributed by atoms with Gasteiger partial charge < -0.3 is 15.2 Å². The van der Waals surface area contributed by atoms with Crippen LogP contribution in [0.2, 0.25) is 0 Å². The molecule has 2 aromatic carbocycles. The molecule has 3 heterocycles. The first-order chi connectivity index (χ1) is 16.7. The first kappa shape index (κ1) is 22.9. The maximum atomic E-state index is 12.1. The summed E-state index contributed by atoms with van der Waals surface area (Å²) >= 11 is 0. The Morgan fingerprint density at radius 2 is 1.88 bits per heavy atom. The number of nitrogens with one attached hydrogen (secondary N) is 2. The minimum atomic E-state index is -1.45. The van der Waals surface area contributed by atoms with Crippen molar-refractivity contribution in [2.24, 2.45) is 10.9 Å². The fourth-order valence-corrected chi connectivity index (χ4v) is 8.20. The average molecular weight is 475 g/mol. The first-order valence-electron chi connectivity index (χ1n) is 12.4. The molecule has 1 fully saturated rings.